The lowest BCUT2D eigenvalue weighted by molar-refractivity contribution is -0.138. The van der Waals surface area contributed by atoms with E-state index in [4.69, 9.17) is 14.2 Å². The Morgan fingerprint density at radius 3 is 2.58 bits per heavy atom. The van der Waals surface area contributed by atoms with Crippen LogP contribution >= 0.6 is 0 Å². The number of carbonyl (C=O) groups is 1. The van der Waals surface area contributed by atoms with Crippen LogP contribution in [0.25, 0.3) is 11.1 Å². The number of aliphatic hydroxyl groups is 1. The molecule has 10 heteroatoms. The zero-order valence-electron chi connectivity index (χ0n) is 22.5. The lowest BCUT2D eigenvalue weighted by Crippen LogP contribution is -2.50. The highest BCUT2D eigenvalue weighted by atomic mass is 32.2. The highest BCUT2D eigenvalue weighted by Gasteiger charge is 2.39. The predicted octanol–water partition coefficient (Wildman–Crippen LogP) is 3.02. The number of hydrogen-bond donors (Lipinski definition) is 1. The molecule has 208 valence electrons. The molecule has 1 fully saturated rings. The minimum Gasteiger partial charge on any atom is -0.497 e. The van der Waals surface area contributed by atoms with Crippen molar-refractivity contribution in [1.29, 1.82) is 0 Å². The molecule has 0 aromatic heterocycles. The minimum atomic E-state index is -3.95. The number of fused-ring (bicyclic) bond motifs is 1. The van der Waals surface area contributed by atoms with Crippen LogP contribution in [0.5, 0.6) is 11.5 Å². The summed E-state index contributed by atoms with van der Waals surface area (Å²) in [6.45, 7) is 4.91. The first kappa shape index (κ1) is 28.4. The quantitative estimate of drug-likeness (QED) is 0.569. The Hall–Kier alpha value is -2.66. The topological polar surface area (TPSA) is 106 Å². The van der Waals surface area contributed by atoms with Crippen molar-refractivity contribution in [3.63, 3.8) is 0 Å². The van der Waals surface area contributed by atoms with Crippen LogP contribution in [0.1, 0.15) is 26.7 Å². The van der Waals surface area contributed by atoms with Crippen molar-refractivity contribution in [2.75, 3.05) is 47.1 Å². The van der Waals surface area contributed by atoms with E-state index < -0.39 is 22.2 Å². The van der Waals surface area contributed by atoms with Crippen LogP contribution in [0.15, 0.2) is 47.4 Å². The summed E-state index contributed by atoms with van der Waals surface area (Å²) in [5.74, 6) is 0.618. The van der Waals surface area contributed by atoms with Crippen LogP contribution in [-0.2, 0) is 19.6 Å². The van der Waals surface area contributed by atoms with Gasteiger partial charge in [0.2, 0.25) is 15.9 Å². The molecule has 2 aliphatic rings. The van der Waals surface area contributed by atoms with Crippen LogP contribution < -0.4 is 9.47 Å². The van der Waals surface area contributed by atoms with Gasteiger partial charge in [0.05, 0.1) is 20.3 Å². The first-order valence-electron chi connectivity index (χ1n) is 13.1. The third-order valence-electron chi connectivity index (χ3n) is 7.47. The minimum absolute atomic E-state index is 0.0414. The van der Waals surface area contributed by atoms with Gasteiger partial charge in [0.1, 0.15) is 22.5 Å². The zero-order valence-corrected chi connectivity index (χ0v) is 23.3. The van der Waals surface area contributed by atoms with Gasteiger partial charge in [-0.05, 0) is 55.2 Å². The molecular weight excluding hydrogens is 508 g/mol. The summed E-state index contributed by atoms with van der Waals surface area (Å²) in [7, 11) is -0.592. The first-order valence-corrected chi connectivity index (χ1v) is 14.5. The van der Waals surface area contributed by atoms with E-state index in [1.807, 2.05) is 31.2 Å². The Balaban J connectivity index is 1.72. The van der Waals surface area contributed by atoms with Gasteiger partial charge in [0, 0.05) is 44.7 Å². The third kappa shape index (κ3) is 5.98. The molecule has 2 heterocycles. The highest BCUT2D eigenvalue weighted by Crippen LogP contribution is 2.37. The number of carbonyl (C=O) groups excluding carboxylic acids is 1. The van der Waals surface area contributed by atoms with Crippen LogP contribution in [0, 0.1) is 11.8 Å². The molecule has 0 radical (unpaired) electrons. The standard InChI is InChI=1S/C28H38N2O7S/c1-19-16-30(20(2)18-31)38(33,34)27-9-8-23(22-6-5-7-24(14-22)35-4)15-25(27)37-26(19)17-29(3)28(32)21-10-12-36-13-11-21/h5-9,14-15,19-21,26,31H,10-13,16-18H2,1-4H3/t19-,20+,26-/m1/s1. The molecular formula is C28H38N2O7S. The van der Waals surface area contributed by atoms with Gasteiger partial charge >= 0.3 is 0 Å². The number of hydrogen-bond acceptors (Lipinski definition) is 7. The summed E-state index contributed by atoms with van der Waals surface area (Å²) in [5, 5.41) is 9.87. The highest BCUT2D eigenvalue weighted by molar-refractivity contribution is 7.89. The normalized spacial score (nSPS) is 22.9. The van der Waals surface area contributed by atoms with Gasteiger partial charge in [-0.2, -0.15) is 4.31 Å². The maximum atomic E-state index is 13.8. The van der Waals surface area contributed by atoms with E-state index in [2.05, 4.69) is 0 Å². The number of benzene rings is 2. The van der Waals surface area contributed by atoms with E-state index >= 15 is 0 Å². The molecule has 0 saturated carbocycles. The molecule has 0 unspecified atom stereocenters. The van der Waals surface area contributed by atoms with Crippen LogP contribution in [-0.4, -0.2) is 87.9 Å². The van der Waals surface area contributed by atoms with E-state index in [0.29, 0.717) is 38.3 Å². The van der Waals surface area contributed by atoms with Crippen molar-refractivity contribution in [2.24, 2.45) is 11.8 Å². The Bertz CT molecular complexity index is 1230. The van der Waals surface area contributed by atoms with Gasteiger partial charge in [-0.3, -0.25) is 4.79 Å². The van der Waals surface area contributed by atoms with E-state index in [9.17, 15) is 18.3 Å². The van der Waals surface area contributed by atoms with Crippen molar-refractivity contribution in [2.45, 2.75) is 43.7 Å². The maximum Gasteiger partial charge on any atom is 0.247 e. The molecule has 2 aliphatic heterocycles. The van der Waals surface area contributed by atoms with E-state index in [1.54, 1.807) is 44.2 Å². The number of amides is 1. The Morgan fingerprint density at radius 2 is 1.89 bits per heavy atom. The molecule has 3 atom stereocenters. The molecule has 0 spiro atoms. The second-order valence-corrected chi connectivity index (χ2v) is 12.1. The number of rotatable bonds is 7. The van der Waals surface area contributed by atoms with Gasteiger partial charge in [0.25, 0.3) is 0 Å². The average molecular weight is 547 g/mol. The summed E-state index contributed by atoms with van der Waals surface area (Å²) >= 11 is 0. The summed E-state index contributed by atoms with van der Waals surface area (Å²) in [6.07, 6.45) is 0.917. The van der Waals surface area contributed by atoms with E-state index in [1.165, 1.54) is 4.31 Å². The van der Waals surface area contributed by atoms with Gasteiger partial charge in [-0.25, -0.2) is 8.42 Å². The largest absolute Gasteiger partial charge is 0.497 e. The second-order valence-electron chi connectivity index (χ2n) is 10.2. The van der Waals surface area contributed by atoms with Crippen molar-refractivity contribution in [1.82, 2.24) is 9.21 Å². The second kappa shape index (κ2) is 12.0. The molecule has 2 aromatic carbocycles. The maximum absolute atomic E-state index is 13.8. The Kier molecular flexibility index (Phi) is 8.97. The van der Waals surface area contributed by atoms with Crippen LogP contribution in [0.3, 0.4) is 0 Å². The molecule has 38 heavy (non-hydrogen) atoms. The lowest BCUT2D eigenvalue weighted by Gasteiger charge is -2.38. The summed E-state index contributed by atoms with van der Waals surface area (Å²) in [5.41, 5.74) is 1.63. The fraction of sp³-hybridized carbons (Fsp3) is 0.536. The number of aliphatic hydroxyl groups excluding tert-OH is 1. The molecule has 1 N–H and O–H groups in total. The SMILES string of the molecule is COc1cccc(-c2ccc3c(c2)O[C@H](CN(C)C(=O)C2CCOCC2)[C@H](C)CN([C@@H](C)CO)S3(=O)=O)c1. The number of likely N-dealkylation sites (N-methyl/N-ethyl adjacent to an activating group) is 1. The van der Waals surface area contributed by atoms with Gasteiger partial charge in [0.15, 0.2) is 0 Å². The predicted molar refractivity (Wildman–Crippen MR) is 144 cm³/mol. The molecule has 0 aliphatic carbocycles. The summed E-state index contributed by atoms with van der Waals surface area (Å²) in [6, 6.07) is 11.9. The smallest absolute Gasteiger partial charge is 0.247 e. The van der Waals surface area contributed by atoms with Gasteiger partial charge in [-0.15, -0.1) is 0 Å². The number of ether oxygens (including phenoxy) is 3. The summed E-state index contributed by atoms with van der Waals surface area (Å²) in [4.78, 5) is 14.9. The Morgan fingerprint density at radius 1 is 1.18 bits per heavy atom. The third-order valence-corrected chi connectivity index (χ3v) is 9.49. The first-order chi connectivity index (χ1) is 18.1. The average Bonchev–Trinajstić information content (AvgIpc) is 2.94. The monoisotopic (exact) mass is 546 g/mol. The zero-order chi connectivity index (χ0) is 27.4. The fourth-order valence-electron chi connectivity index (χ4n) is 5.04. The van der Waals surface area contributed by atoms with Gasteiger partial charge in [-0.1, -0.05) is 25.1 Å². The van der Waals surface area contributed by atoms with Crippen LogP contribution in [0.2, 0.25) is 0 Å². The van der Waals surface area contributed by atoms with Crippen molar-refractivity contribution in [3.05, 3.63) is 42.5 Å². The Labute approximate surface area is 225 Å². The molecule has 4 rings (SSSR count). The number of nitrogens with zero attached hydrogens (tertiary/aromatic N) is 2. The molecule has 2 aromatic rings. The molecule has 0 bridgehead atoms. The molecule has 1 amide bonds. The van der Waals surface area contributed by atoms with E-state index in [0.717, 1.165) is 11.1 Å². The van der Waals surface area contributed by atoms with Crippen molar-refractivity contribution < 1.29 is 32.5 Å². The van der Waals surface area contributed by atoms with Gasteiger partial charge < -0.3 is 24.2 Å². The lowest BCUT2D eigenvalue weighted by atomic mass is 9.97. The van der Waals surface area contributed by atoms with Crippen LogP contribution in [0.4, 0.5) is 0 Å². The van der Waals surface area contributed by atoms with Crippen molar-refractivity contribution in [3.8, 4) is 22.6 Å². The van der Waals surface area contributed by atoms with E-state index in [-0.39, 0.29) is 41.5 Å². The summed E-state index contributed by atoms with van der Waals surface area (Å²) < 4.78 is 46.1. The van der Waals surface area contributed by atoms with Crippen molar-refractivity contribution >= 4 is 15.9 Å². The number of methoxy groups -OCH3 is 1. The fourth-order valence-corrected chi connectivity index (χ4v) is 6.87. The molecule has 1 saturated heterocycles. The number of sulfonamides is 1. The molecule has 9 nitrogen and oxygen atoms in total.